The average molecular weight is 262 g/mol. The van der Waals surface area contributed by atoms with Crippen molar-refractivity contribution in [2.45, 2.75) is 39.5 Å². The van der Waals surface area contributed by atoms with Crippen molar-refractivity contribution in [3.8, 4) is 0 Å². The number of benzene rings is 1. The third-order valence-electron chi connectivity index (χ3n) is 3.04. The van der Waals surface area contributed by atoms with Gasteiger partial charge in [0.1, 0.15) is 0 Å². The van der Waals surface area contributed by atoms with Crippen LogP contribution in [0, 0.1) is 0 Å². The van der Waals surface area contributed by atoms with Crippen LogP contribution in [0.25, 0.3) is 0 Å². The molecule has 0 aliphatic carbocycles. The molecule has 0 saturated heterocycles. The van der Waals surface area contributed by atoms with E-state index in [1.54, 1.807) is 0 Å². The van der Waals surface area contributed by atoms with Gasteiger partial charge in [0.15, 0.2) is 0 Å². The van der Waals surface area contributed by atoms with Gasteiger partial charge in [-0.15, -0.1) is 0 Å². The molecule has 0 aliphatic rings. The van der Waals surface area contributed by atoms with Gasteiger partial charge in [-0.1, -0.05) is 44.2 Å². The summed E-state index contributed by atoms with van der Waals surface area (Å²) in [6.07, 6.45) is 4.03. The third-order valence-corrected chi connectivity index (χ3v) is 3.04. The first kappa shape index (κ1) is 15.5. The average Bonchev–Trinajstić information content (AvgIpc) is 2.44. The zero-order valence-corrected chi connectivity index (χ0v) is 12.2. The van der Waals surface area contributed by atoms with Gasteiger partial charge in [-0.3, -0.25) is 0 Å². The maximum Gasteiger partial charge on any atom is 0.317 e. The highest BCUT2D eigenvalue weighted by Gasteiger charge is 2.09. The van der Waals surface area contributed by atoms with Gasteiger partial charge in [0.05, 0.1) is 0 Å². The minimum Gasteiger partial charge on any atom is -0.338 e. The molecule has 1 aromatic rings. The highest BCUT2D eigenvalue weighted by atomic mass is 16.2. The summed E-state index contributed by atoms with van der Waals surface area (Å²) in [5.74, 6) is 0. The highest BCUT2D eigenvalue weighted by molar-refractivity contribution is 5.74. The maximum absolute atomic E-state index is 11.9. The van der Waals surface area contributed by atoms with Crippen molar-refractivity contribution in [2.24, 2.45) is 0 Å². The molecule has 0 atom stereocenters. The number of rotatable bonds is 8. The van der Waals surface area contributed by atoms with E-state index < -0.39 is 0 Å². The minimum absolute atomic E-state index is 0.0803. The Morgan fingerprint density at radius 2 is 1.74 bits per heavy atom. The van der Waals surface area contributed by atoms with Gasteiger partial charge in [-0.2, -0.15) is 0 Å². The normalized spacial score (nSPS) is 10.2. The van der Waals surface area contributed by atoms with Crippen molar-refractivity contribution >= 4 is 6.03 Å². The largest absolute Gasteiger partial charge is 0.338 e. The molecular formula is C16H26N2O. The molecule has 0 unspecified atom stereocenters. The number of nitrogens with one attached hydrogen (secondary N) is 1. The van der Waals surface area contributed by atoms with Crippen LogP contribution >= 0.6 is 0 Å². The number of aryl methyl sites for hydroxylation is 1. The molecule has 3 heteroatoms. The summed E-state index contributed by atoms with van der Waals surface area (Å²) >= 11 is 0. The van der Waals surface area contributed by atoms with E-state index in [0.717, 1.165) is 45.3 Å². The lowest BCUT2D eigenvalue weighted by atomic mass is 10.1. The quantitative estimate of drug-likeness (QED) is 0.715. The van der Waals surface area contributed by atoms with Gasteiger partial charge >= 0.3 is 6.03 Å². The van der Waals surface area contributed by atoms with E-state index in [9.17, 15) is 4.79 Å². The molecule has 2 amide bonds. The van der Waals surface area contributed by atoms with Crippen molar-refractivity contribution in [1.82, 2.24) is 10.2 Å². The zero-order valence-electron chi connectivity index (χ0n) is 12.2. The molecule has 0 spiro atoms. The van der Waals surface area contributed by atoms with Gasteiger partial charge in [-0.25, -0.2) is 4.79 Å². The van der Waals surface area contributed by atoms with Gasteiger partial charge in [0.2, 0.25) is 0 Å². The van der Waals surface area contributed by atoms with E-state index >= 15 is 0 Å². The lowest BCUT2D eigenvalue weighted by Crippen LogP contribution is -2.41. The number of carbonyl (C=O) groups is 1. The first-order valence-electron chi connectivity index (χ1n) is 7.34. The Kier molecular flexibility index (Phi) is 7.71. The van der Waals surface area contributed by atoms with E-state index in [1.165, 1.54) is 5.56 Å². The molecule has 0 fully saturated rings. The fourth-order valence-electron chi connectivity index (χ4n) is 2.10. The Balaban J connectivity index is 2.22. The smallest absolute Gasteiger partial charge is 0.317 e. The Labute approximate surface area is 117 Å². The van der Waals surface area contributed by atoms with E-state index in [4.69, 9.17) is 0 Å². The summed E-state index contributed by atoms with van der Waals surface area (Å²) in [6.45, 7) is 6.64. The zero-order chi connectivity index (χ0) is 13.9. The standard InChI is InChI=1S/C16H26N2O/c1-3-13-18(14-4-2)16(19)17-12-8-11-15-9-6-5-7-10-15/h5-7,9-10H,3-4,8,11-14H2,1-2H3,(H,17,19). The van der Waals surface area contributed by atoms with Crippen LogP contribution in [0.3, 0.4) is 0 Å². The predicted molar refractivity (Wildman–Crippen MR) is 80.3 cm³/mol. The number of amides is 2. The monoisotopic (exact) mass is 262 g/mol. The Bertz CT molecular complexity index is 345. The molecule has 0 saturated carbocycles. The van der Waals surface area contributed by atoms with Crippen molar-refractivity contribution in [2.75, 3.05) is 19.6 Å². The van der Waals surface area contributed by atoms with Crippen LogP contribution in [-0.2, 0) is 6.42 Å². The Hall–Kier alpha value is -1.51. The second-order valence-electron chi connectivity index (χ2n) is 4.81. The molecule has 0 bridgehead atoms. The SMILES string of the molecule is CCCN(CCC)C(=O)NCCCc1ccccc1. The van der Waals surface area contributed by atoms with Crippen molar-refractivity contribution < 1.29 is 4.79 Å². The highest BCUT2D eigenvalue weighted by Crippen LogP contribution is 2.02. The summed E-state index contributed by atoms with van der Waals surface area (Å²) < 4.78 is 0. The third kappa shape index (κ3) is 6.27. The molecule has 19 heavy (non-hydrogen) atoms. The molecule has 0 heterocycles. The number of urea groups is 1. The molecule has 3 nitrogen and oxygen atoms in total. The topological polar surface area (TPSA) is 32.3 Å². The number of carbonyl (C=O) groups excluding carboxylic acids is 1. The first-order chi connectivity index (χ1) is 9.27. The summed E-state index contributed by atoms with van der Waals surface area (Å²) in [4.78, 5) is 13.9. The molecule has 106 valence electrons. The fraction of sp³-hybridized carbons (Fsp3) is 0.562. The van der Waals surface area contributed by atoms with Crippen LogP contribution in [0.4, 0.5) is 4.79 Å². The number of nitrogens with zero attached hydrogens (tertiary/aromatic N) is 1. The second kappa shape index (κ2) is 9.42. The van der Waals surface area contributed by atoms with Crippen molar-refractivity contribution in [1.29, 1.82) is 0 Å². The van der Waals surface area contributed by atoms with Gasteiger partial charge in [-0.05, 0) is 31.2 Å². The number of hydrogen-bond acceptors (Lipinski definition) is 1. The maximum atomic E-state index is 11.9. The van der Waals surface area contributed by atoms with Crippen LogP contribution in [0.15, 0.2) is 30.3 Å². The second-order valence-corrected chi connectivity index (χ2v) is 4.81. The van der Waals surface area contributed by atoms with E-state index in [-0.39, 0.29) is 6.03 Å². The van der Waals surface area contributed by atoms with Crippen molar-refractivity contribution in [3.05, 3.63) is 35.9 Å². The van der Waals surface area contributed by atoms with Crippen LogP contribution < -0.4 is 5.32 Å². The van der Waals surface area contributed by atoms with Crippen LogP contribution in [0.2, 0.25) is 0 Å². The van der Waals surface area contributed by atoms with Crippen LogP contribution in [0.5, 0.6) is 0 Å². The lowest BCUT2D eigenvalue weighted by Gasteiger charge is -2.21. The summed E-state index contributed by atoms with van der Waals surface area (Å²) in [6, 6.07) is 10.5. The van der Waals surface area contributed by atoms with Crippen LogP contribution in [-0.4, -0.2) is 30.6 Å². The molecule has 0 aliphatic heterocycles. The van der Waals surface area contributed by atoms with Crippen LogP contribution in [0.1, 0.15) is 38.7 Å². The molecule has 1 N–H and O–H groups in total. The lowest BCUT2D eigenvalue weighted by molar-refractivity contribution is 0.197. The van der Waals surface area contributed by atoms with E-state index in [1.807, 2.05) is 11.0 Å². The fourth-order valence-corrected chi connectivity index (χ4v) is 2.10. The van der Waals surface area contributed by atoms with Gasteiger partial charge < -0.3 is 10.2 Å². The van der Waals surface area contributed by atoms with E-state index in [2.05, 4.69) is 43.4 Å². The summed E-state index contributed by atoms with van der Waals surface area (Å²) in [7, 11) is 0. The molecule has 1 rings (SSSR count). The Morgan fingerprint density at radius 1 is 1.11 bits per heavy atom. The van der Waals surface area contributed by atoms with Crippen molar-refractivity contribution in [3.63, 3.8) is 0 Å². The molecule has 0 radical (unpaired) electrons. The molecule has 0 aromatic heterocycles. The predicted octanol–water partition coefficient (Wildman–Crippen LogP) is 3.45. The van der Waals surface area contributed by atoms with Gasteiger partial charge in [0.25, 0.3) is 0 Å². The number of hydrogen-bond donors (Lipinski definition) is 1. The Morgan fingerprint density at radius 3 is 2.32 bits per heavy atom. The molecular weight excluding hydrogens is 236 g/mol. The molecule has 1 aromatic carbocycles. The minimum atomic E-state index is 0.0803. The summed E-state index contributed by atoms with van der Waals surface area (Å²) in [5, 5.41) is 3.01. The van der Waals surface area contributed by atoms with E-state index in [0.29, 0.717) is 0 Å². The summed E-state index contributed by atoms with van der Waals surface area (Å²) in [5.41, 5.74) is 1.33. The first-order valence-corrected chi connectivity index (χ1v) is 7.34. The van der Waals surface area contributed by atoms with Gasteiger partial charge in [0, 0.05) is 19.6 Å².